The molecule has 1 aromatic rings. The van der Waals surface area contributed by atoms with E-state index in [-0.39, 0.29) is 11.4 Å². The molecule has 25 heavy (non-hydrogen) atoms. The fourth-order valence-corrected chi connectivity index (χ4v) is 3.14. The Labute approximate surface area is 154 Å². The van der Waals surface area contributed by atoms with Crippen LogP contribution in [0.25, 0.3) is 0 Å². The van der Waals surface area contributed by atoms with Crippen molar-refractivity contribution in [2.45, 2.75) is 59.0 Å². The molecule has 2 rings (SSSR count). The third kappa shape index (κ3) is 7.06. The smallest absolute Gasteiger partial charge is 0.410 e. The van der Waals surface area contributed by atoms with E-state index in [1.54, 1.807) is 6.07 Å². The number of rotatable bonds is 5. The molecule has 7 heteroatoms. The predicted octanol–water partition coefficient (Wildman–Crippen LogP) is 4.24. The Bertz CT molecular complexity index is 569. The fourth-order valence-electron chi connectivity index (χ4n) is 2.92. The Kier molecular flexibility index (Phi) is 6.87. The van der Waals surface area contributed by atoms with Gasteiger partial charge in [-0.3, -0.25) is 0 Å². The largest absolute Gasteiger partial charge is 0.478 e. The minimum absolute atomic E-state index is 0.204. The third-order valence-electron chi connectivity index (χ3n) is 3.98. The first-order valence-corrected chi connectivity index (χ1v) is 9.22. The van der Waals surface area contributed by atoms with Gasteiger partial charge in [-0.1, -0.05) is 0 Å². The van der Waals surface area contributed by atoms with E-state index >= 15 is 0 Å². The summed E-state index contributed by atoms with van der Waals surface area (Å²) < 4.78 is 11.1. The zero-order valence-corrected chi connectivity index (χ0v) is 16.3. The average molecular weight is 370 g/mol. The van der Waals surface area contributed by atoms with Crippen molar-refractivity contribution >= 4 is 17.7 Å². The van der Waals surface area contributed by atoms with Crippen molar-refractivity contribution in [3.8, 4) is 5.88 Å². The van der Waals surface area contributed by atoms with Gasteiger partial charge in [0.2, 0.25) is 11.2 Å². The molecule has 1 aromatic heterocycles. The van der Waals surface area contributed by atoms with Crippen molar-refractivity contribution in [2.24, 2.45) is 5.92 Å². The Morgan fingerprint density at radius 3 is 2.84 bits per heavy atom. The molecule has 0 unspecified atom stereocenters. The van der Waals surface area contributed by atoms with Crippen LogP contribution < -0.4 is 4.74 Å². The third-order valence-corrected chi connectivity index (χ3v) is 4.15. The Hall–Kier alpha value is -1.56. The van der Waals surface area contributed by atoms with E-state index in [0.717, 1.165) is 44.5 Å². The molecule has 0 bridgehead atoms. The van der Waals surface area contributed by atoms with Gasteiger partial charge in [0.05, 0.1) is 6.61 Å². The highest BCUT2D eigenvalue weighted by Gasteiger charge is 2.27. The van der Waals surface area contributed by atoms with Crippen molar-refractivity contribution in [1.29, 1.82) is 0 Å². The monoisotopic (exact) mass is 369 g/mol. The van der Waals surface area contributed by atoms with Gasteiger partial charge in [-0.05, 0) is 70.9 Å². The molecular weight excluding hydrogens is 342 g/mol. The summed E-state index contributed by atoms with van der Waals surface area (Å²) in [6.07, 6.45) is 3.87. The number of ether oxygens (including phenoxy) is 2. The second-order valence-electron chi connectivity index (χ2n) is 7.54. The van der Waals surface area contributed by atoms with Crippen LogP contribution in [-0.2, 0) is 4.74 Å². The van der Waals surface area contributed by atoms with E-state index < -0.39 is 5.60 Å². The first kappa shape index (κ1) is 19.8. The molecular formula is C18H28ClN3O3. The van der Waals surface area contributed by atoms with Crippen LogP contribution in [0.3, 0.4) is 0 Å². The van der Waals surface area contributed by atoms with E-state index in [1.807, 2.05) is 32.6 Å². The topological polar surface area (TPSA) is 64.5 Å². The van der Waals surface area contributed by atoms with Crippen LogP contribution >= 0.6 is 11.6 Å². The molecule has 1 amide bonds. The Morgan fingerprint density at radius 2 is 2.16 bits per heavy atom. The second kappa shape index (κ2) is 8.70. The number of nitrogens with zero attached hydrogens (tertiary/aromatic N) is 3. The first-order chi connectivity index (χ1) is 11.7. The number of aromatic nitrogens is 2. The van der Waals surface area contributed by atoms with Gasteiger partial charge in [0.25, 0.3) is 0 Å². The van der Waals surface area contributed by atoms with Gasteiger partial charge in [-0.15, -0.1) is 0 Å². The summed E-state index contributed by atoms with van der Waals surface area (Å²) in [7, 11) is 0. The second-order valence-corrected chi connectivity index (χ2v) is 7.88. The zero-order valence-electron chi connectivity index (χ0n) is 15.5. The molecule has 1 aliphatic heterocycles. The number of hydrogen-bond donors (Lipinski definition) is 0. The molecule has 1 aliphatic rings. The quantitative estimate of drug-likeness (QED) is 0.573. The highest BCUT2D eigenvalue weighted by atomic mass is 35.5. The van der Waals surface area contributed by atoms with Crippen molar-refractivity contribution in [1.82, 2.24) is 14.9 Å². The standard InChI is InChI=1S/C18H28ClN3O3/c1-13-11-15(21-16(19)20-13)24-10-6-8-14-7-5-9-22(12-14)17(23)25-18(2,3)4/h11,14H,5-10,12H2,1-4H3/t14-/m1/s1. The fraction of sp³-hybridized carbons (Fsp3) is 0.722. The summed E-state index contributed by atoms with van der Waals surface area (Å²) in [5.41, 5.74) is 0.338. The van der Waals surface area contributed by atoms with Gasteiger partial charge in [-0.2, -0.15) is 4.98 Å². The zero-order chi connectivity index (χ0) is 18.4. The highest BCUT2D eigenvalue weighted by Crippen LogP contribution is 2.23. The SMILES string of the molecule is Cc1cc(OCCC[C@H]2CCCN(C(=O)OC(C)(C)C)C2)nc(Cl)n1. The molecule has 2 heterocycles. The normalized spacial score (nSPS) is 18.1. The number of hydrogen-bond acceptors (Lipinski definition) is 5. The van der Waals surface area contributed by atoms with Gasteiger partial charge in [0.1, 0.15) is 5.60 Å². The summed E-state index contributed by atoms with van der Waals surface area (Å²) in [6.45, 7) is 9.65. The number of carbonyl (C=O) groups excluding carboxylic acids is 1. The summed E-state index contributed by atoms with van der Waals surface area (Å²) in [5.74, 6) is 0.997. The Morgan fingerprint density at radius 1 is 1.40 bits per heavy atom. The van der Waals surface area contributed by atoms with Gasteiger partial charge in [-0.25, -0.2) is 9.78 Å². The van der Waals surface area contributed by atoms with Crippen LogP contribution in [0, 0.1) is 12.8 Å². The lowest BCUT2D eigenvalue weighted by Gasteiger charge is -2.34. The van der Waals surface area contributed by atoms with Crippen LogP contribution in [0.1, 0.15) is 52.1 Å². The first-order valence-electron chi connectivity index (χ1n) is 8.85. The molecule has 1 atom stereocenters. The van der Waals surface area contributed by atoms with E-state index in [9.17, 15) is 4.79 Å². The molecule has 0 aliphatic carbocycles. The molecule has 0 spiro atoms. The van der Waals surface area contributed by atoms with Crippen LogP contribution in [0.2, 0.25) is 5.28 Å². The molecule has 0 N–H and O–H groups in total. The van der Waals surface area contributed by atoms with Gasteiger partial charge >= 0.3 is 6.09 Å². The van der Waals surface area contributed by atoms with Gasteiger partial charge in [0, 0.05) is 24.8 Å². The lowest BCUT2D eigenvalue weighted by molar-refractivity contribution is 0.0159. The van der Waals surface area contributed by atoms with E-state index in [4.69, 9.17) is 21.1 Å². The lowest BCUT2D eigenvalue weighted by atomic mass is 9.94. The molecule has 140 valence electrons. The molecule has 1 fully saturated rings. The average Bonchev–Trinajstić information content (AvgIpc) is 2.49. The minimum Gasteiger partial charge on any atom is -0.478 e. The maximum atomic E-state index is 12.2. The highest BCUT2D eigenvalue weighted by molar-refractivity contribution is 6.28. The number of amides is 1. The molecule has 6 nitrogen and oxygen atoms in total. The molecule has 0 radical (unpaired) electrons. The maximum Gasteiger partial charge on any atom is 0.410 e. The summed E-state index contributed by atoms with van der Waals surface area (Å²) in [4.78, 5) is 22.1. The number of carbonyl (C=O) groups is 1. The summed E-state index contributed by atoms with van der Waals surface area (Å²) in [5, 5.41) is 0.204. The van der Waals surface area contributed by atoms with Crippen molar-refractivity contribution in [3.05, 3.63) is 17.0 Å². The van der Waals surface area contributed by atoms with E-state index in [2.05, 4.69) is 9.97 Å². The van der Waals surface area contributed by atoms with Crippen LogP contribution in [0.5, 0.6) is 5.88 Å². The number of piperidine rings is 1. The van der Waals surface area contributed by atoms with Crippen LogP contribution in [0.4, 0.5) is 4.79 Å². The van der Waals surface area contributed by atoms with Crippen LogP contribution in [0.15, 0.2) is 6.07 Å². The van der Waals surface area contributed by atoms with Crippen LogP contribution in [-0.4, -0.2) is 46.3 Å². The number of likely N-dealkylation sites (tertiary alicyclic amines) is 1. The van der Waals surface area contributed by atoms with Gasteiger partial charge in [0.15, 0.2) is 0 Å². The van der Waals surface area contributed by atoms with Crippen molar-refractivity contribution in [2.75, 3.05) is 19.7 Å². The van der Waals surface area contributed by atoms with Crippen molar-refractivity contribution in [3.63, 3.8) is 0 Å². The lowest BCUT2D eigenvalue weighted by Crippen LogP contribution is -2.42. The predicted molar refractivity (Wildman–Crippen MR) is 97.0 cm³/mol. The molecule has 0 saturated carbocycles. The van der Waals surface area contributed by atoms with E-state index in [1.165, 1.54) is 0 Å². The van der Waals surface area contributed by atoms with Crippen molar-refractivity contribution < 1.29 is 14.3 Å². The molecule has 1 saturated heterocycles. The maximum absolute atomic E-state index is 12.2. The van der Waals surface area contributed by atoms with E-state index in [0.29, 0.717) is 18.4 Å². The summed E-state index contributed by atoms with van der Waals surface area (Å²) >= 11 is 5.82. The van der Waals surface area contributed by atoms with Gasteiger partial charge < -0.3 is 14.4 Å². The number of halogens is 1. The number of aryl methyl sites for hydroxylation is 1. The Balaban J connectivity index is 1.72. The minimum atomic E-state index is -0.450. The molecule has 0 aromatic carbocycles. The summed E-state index contributed by atoms with van der Waals surface area (Å²) in [6, 6.07) is 1.77.